The maximum Gasteiger partial charge on any atom is 0.317 e. The minimum absolute atomic E-state index is 0.0620. The number of hydrogen-bond donors (Lipinski definition) is 1. The number of likely N-dealkylation sites (tertiary alicyclic amines) is 1. The minimum atomic E-state index is 0.0620. The van der Waals surface area contributed by atoms with Crippen molar-refractivity contribution in [3.05, 3.63) is 53.3 Å². The molecule has 2 unspecified atom stereocenters. The Morgan fingerprint density at radius 2 is 2.08 bits per heavy atom. The van der Waals surface area contributed by atoms with Crippen molar-refractivity contribution in [1.29, 1.82) is 0 Å². The number of nitrogens with zero attached hydrogens (tertiary/aromatic N) is 3. The molecular weight excluding hydrogens is 324 g/mol. The first-order valence-corrected chi connectivity index (χ1v) is 9.62. The van der Waals surface area contributed by atoms with E-state index in [-0.39, 0.29) is 11.4 Å². The average molecular weight is 352 g/mol. The fourth-order valence-corrected chi connectivity index (χ4v) is 4.18. The van der Waals surface area contributed by atoms with E-state index in [4.69, 9.17) is 0 Å². The van der Waals surface area contributed by atoms with E-state index in [2.05, 4.69) is 55.5 Å². The van der Waals surface area contributed by atoms with Gasteiger partial charge in [0.05, 0.1) is 5.69 Å². The van der Waals surface area contributed by atoms with Crippen molar-refractivity contribution in [3.8, 4) is 0 Å². The van der Waals surface area contributed by atoms with Crippen LogP contribution in [-0.2, 0) is 11.8 Å². The van der Waals surface area contributed by atoms with Gasteiger partial charge in [0.15, 0.2) is 0 Å². The number of benzene rings is 1. The van der Waals surface area contributed by atoms with Gasteiger partial charge in [0, 0.05) is 43.7 Å². The van der Waals surface area contributed by atoms with Crippen molar-refractivity contribution < 1.29 is 4.79 Å². The van der Waals surface area contributed by atoms with Gasteiger partial charge < -0.3 is 10.2 Å². The van der Waals surface area contributed by atoms with Crippen LogP contribution in [0.1, 0.15) is 43.1 Å². The van der Waals surface area contributed by atoms with E-state index in [1.165, 1.54) is 17.5 Å². The molecular formula is C21H28N4O. The highest BCUT2D eigenvalue weighted by molar-refractivity contribution is 5.75. The first kappa shape index (κ1) is 17.1. The Morgan fingerprint density at radius 1 is 1.31 bits per heavy atom. The molecule has 1 aliphatic heterocycles. The van der Waals surface area contributed by atoms with Gasteiger partial charge in [0.25, 0.3) is 0 Å². The highest BCUT2D eigenvalue weighted by atomic mass is 16.2. The number of aryl methyl sites for hydroxylation is 1. The van der Waals surface area contributed by atoms with Gasteiger partial charge in [-0.05, 0) is 44.7 Å². The number of nitrogens with one attached hydrogen (secondary N) is 1. The van der Waals surface area contributed by atoms with Gasteiger partial charge in [-0.2, -0.15) is 5.10 Å². The second-order valence-corrected chi connectivity index (χ2v) is 8.17. The van der Waals surface area contributed by atoms with E-state index in [9.17, 15) is 4.79 Å². The molecule has 2 aromatic rings. The van der Waals surface area contributed by atoms with Crippen molar-refractivity contribution in [2.75, 3.05) is 19.6 Å². The Morgan fingerprint density at radius 3 is 2.77 bits per heavy atom. The number of rotatable bonds is 5. The Hall–Kier alpha value is -2.30. The number of fused-ring (bicyclic) bond motifs is 1. The molecule has 1 aromatic carbocycles. The van der Waals surface area contributed by atoms with E-state index in [1.807, 2.05) is 21.8 Å². The van der Waals surface area contributed by atoms with Gasteiger partial charge in [-0.25, -0.2) is 4.79 Å². The summed E-state index contributed by atoms with van der Waals surface area (Å²) in [6, 6.07) is 11.3. The molecule has 2 heterocycles. The summed E-state index contributed by atoms with van der Waals surface area (Å²) in [5.41, 5.74) is 3.91. The monoisotopic (exact) mass is 352 g/mol. The highest BCUT2D eigenvalue weighted by Gasteiger charge is 2.61. The zero-order valence-electron chi connectivity index (χ0n) is 15.9. The minimum Gasteiger partial charge on any atom is -0.338 e. The van der Waals surface area contributed by atoms with Crippen LogP contribution in [0.15, 0.2) is 36.5 Å². The van der Waals surface area contributed by atoms with Gasteiger partial charge in [-0.3, -0.25) is 4.68 Å². The third-order valence-electron chi connectivity index (χ3n) is 5.91. The Kier molecular flexibility index (Phi) is 4.25. The van der Waals surface area contributed by atoms with Crippen molar-refractivity contribution in [3.63, 3.8) is 0 Å². The van der Waals surface area contributed by atoms with Crippen LogP contribution in [0, 0.1) is 12.8 Å². The molecule has 0 bridgehead atoms. The lowest BCUT2D eigenvalue weighted by molar-refractivity contribution is 0.203. The van der Waals surface area contributed by atoms with Crippen LogP contribution in [0.3, 0.4) is 0 Å². The molecule has 5 heteroatoms. The summed E-state index contributed by atoms with van der Waals surface area (Å²) < 4.78 is 1.95. The Balaban J connectivity index is 1.29. The molecule has 26 heavy (non-hydrogen) atoms. The summed E-state index contributed by atoms with van der Waals surface area (Å²) >= 11 is 0. The van der Waals surface area contributed by atoms with E-state index < -0.39 is 0 Å². The summed E-state index contributed by atoms with van der Waals surface area (Å²) in [7, 11) is 0. The van der Waals surface area contributed by atoms with Crippen LogP contribution < -0.4 is 5.32 Å². The molecule has 1 saturated heterocycles. The quantitative estimate of drug-likeness (QED) is 0.898. The van der Waals surface area contributed by atoms with E-state index in [0.29, 0.717) is 18.5 Å². The standard InChI is InChI=1S/C21H28N4O/c1-15(2)25-11-9-19(23-25)8-10-22-20(26)24-13-18-12-21(18,14-24)17-6-4-16(3)5-7-17/h4-7,9,11,15,18H,8,10,12-14H2,1-3H3,(H,22,26). The summed E-state index contributed by atoms with van der Waals surface area (Å²) in [4.78, 5) is 14.5. The summed E-state index contributed by atoms with van der Waals surface area (Å²) in [5, 5.41) is 7.60. The van der Waals surface area contributed by atoms with Crippen LogP contribution in [0.5, 0.6) is 0 Å². The Bertz CT molecular complexity index is 795. The lowest BCUT2D eigenvalue weighted by Gasteiger charge is -2.22. The number of carbonyl (C=O) groups excluding carboxylic acids is 1. The lowest BCUT2D eigenvalue weighted by Crippen LogP contribution is -2.41. The SMILES string of the molecule is Cc1ccc(C23CC2CN(C(=O)NCCc2ccn(C(C)C)n2)C3)cc1. The number of aromatic nitrogens is 2. The fourth-order valence-electron chi connectivity index (χ4n) is 4.18. The summed E-state index contributed by atoms with van der Waals surface area (Å²) in [6.45, 7) is 8.69. The van der Waals surface area contributed by atoms with Crippen LogP contribution in [0.25, 0.3) is 0 Å². The maximum atomic E-state index is 12.5. The molecule has 2 amide bonds. The molecule has 2 fully saturated rings. The van der Waals surface area contributed by atoms with Crippen LogP contribution >= 0.6 is 0 Å². The third-order valence-corrected chi connectivity index (χ3v) is 5.91. The predicted molar refractivity (Wildman–Crippen MR) is 102 cm³/mol. The average Bonchev–Trinajstić information content (AvgIpc) is 2.98. The first-order valence-electron chi connectivity index (χ1n) is 9.62. The third kappa shape index (κ3) is 3.11. The molecule has 0 spiro atoms. The van der Waals surface area contributed by atoms with Crippen molar-refractivity contribution in [2.45, 2.75) is 45.1 Å². The zero-order valence-corrected chi connectivity index (χ0v) is 15.9. The first-order chi connectivity index (χ1) is 12.5. The molecule has 1 N–H and O–H groups in total. The molecule has 5 nitrogen and oxygen atoms in total. The Labute approximate surface area is 155 Å². The highest BCUT2D eigenvalue weighted by Crippen LogP contribution is 2.58. The van der Waals surface area contributed by atoms with E-state index in [1.54, 1.807) is 0 Å². The second kappa shape index (κ2) is 6.45. The topological polar surface area (TPSA) is 50.2 Å². The van der Waals surface area contributed by atoms with Crippen molar-refractivity contribution in [1.82, 2.24) is 20.0 Å². The molecule has 0 radical (unpaired) electrons. The van der Waals surface area contributed by atoms with Gasteiger partial charge in [0.1, 0.15) is 0 Å². The molecule has 4 rings (SSSR count). The zero-order chi connectivity index (χ0) is 18.3. The van der Waals surface area contributed by atoms with E-state index in [0.717, 1.165) is 25.2 Å². The van der Waals surface area contributed by atoms with Crippen LogP contribution in [0.4, 0.5) is 4.79 Å². The molecule has 1 aromatic heterocycles. The number of urea groups is 1. The number of piperidine rings is 1. The van der Waals surface area contributed by atoms with Crippen LogP contribution in [-0.4, -0.2) is 40.3 Å². The lowest BCUT2D eigenvalue weighted by atomic mass is 9.94. The summed E-state index contributed by atoms with van der Waals surface area (Å²) in [6.07, 6.45) is 3.99. The number of hydrogen-bond acceptors (Lipinski definition) is 2. The summed E-state index contributed by atoms with van der Waals surface area (Å²) in [5.74, 6) is 0.623. The number of amides is 2. The molecule has 138 valence electrons. The van der Waals surface area contributed by atoms with Gasteiger partial charge in [-0.1, -0.05) is 29.8 Å². The normalized spacial score (nSPS) is 24.0. The van der Waals surface area contributed by atoms with Crippen LogP contribution in [0.2, 0.25) is 0 Å². The number of carbonyl (C=O) groups is 1. The van der Waals surface area contributed by atoms with Gasteiger partial charge in [0.2, 0.25) is 0 Å². The molecule has 2 atom stereocenters. The van der Waals surface area contributed by atoms with Crippen molar-refractivity contribution >= 4 is 6.03 Å². The van der Waals surface area contributed by atoms with Gasteiger partial charge in [-0.15, -0.1) is 0 Å². The predicted octanol–water partition coefficient (Wildman–Crippen LogP) is 3.30. The van der Waals surface area contributed by atoms with Gasteiger partial charge >= 0.3 is 6.03 Å². The second-order valence-electron chi connectivity index (χ2n) is 8.17. The largest absolute Gasteiger partial charge is 0.338 e. The molecule has 1 aliphatic carbocycles. The molecule has 2 aliphatic rings. The maximum absolute atomic E-state index is 12.5. The smallest absolute Gasteiger partial charge is 0.317 e. The van der Waals surface area contributed by atoms with E-state index >= 15 is 0 Å². The molecule has 1 saturated carbocycles. The fraction of sp³-hybridized carbons (Fsp3) is 0.524. The van der Waals surface area contributed by atoms with Crippen molar-refractivity contribution in [2.24, 2.45) is 5.92 Å².